The average Bonchev–Trinajstić information content (AvgIpc) is 2.83. The quantitative estimate of drug-likeness (QED) is 0.726. The van der Waals surface area contributed by atoms with Gasteiger partial charge in [-0.1, -0.05) is 6.07 Å². The molecule has 1 aromatic heterocycles. The van der Waals surface area contributed by atoms with Crippen molar-refractivity contribution in [3.8, 4) is 10.6 Å². The number of Topliss-reactive ketones (excluding diaryl/α,β-unsaturated/α-hetero) is 1. The van der Waals surface area contributed by atoms with E-state index >= 15 is 0 Å². The van der Waals surface area contributed by atoms with Crippen LogP contribution in [0.25, 0.3) is 10.6 Å². The number of carbonyl (C=O) groups excluding carboxylic acids is 1. The molecule has 0 spiro atoms. The lowest BCUT2D eigenvalue weighted by Gasteiger charge is -2.09. The van der Waals surface area contributed by atoms with Crippen LogP contribution in [0.4, 0.5) is 17.6 Å². The van der Waals surface area contributed by atoms with E-state index in [9.17, 15) is 22.4 Å². The molecule has 1 heterocycles. The summed E-state index contributed by atoms with van der Waals surface area (Å²) < 4.78 is 52.2. The maximum absolute atomic E-state index is 14.1. The highest BCUT2D eigenvalue weighted by molar-refractivity contribution is 7.17. The lowest BCUT2D eigenvalue weighted by Crippen LogP contribution is -2.08. The Hall–Kier alpha value is -1.76. The fourth-order valence-electron chi connectivity index (χ4n) is 2.30. The monoisotopic (exact) mass is 315 g/mol. The number of ketones is 1. The van der Waals surface area contributed by atoms with Crippen LogP contribution in [0.1, 0.15) is 33.8 Å². The van der Waals surface area contributed by atoms with Gasteiger partial charge in [-0.25, -0.2) is 9.37 Å². The summed E-state index contributed by atoms with van der Waals surface area (Å²) >= 11 is 0.962. The highest BCUT2D eigenvalue weighted by Gasteiger charge is 2.35. The molecule has 0 unspecified atom stereocenters. The summed E-state index contributed by atoms with van der Waals surface area (Å²) in [6, 6.07) is 3.08. The van der Waals surface area contributed by atoms with Gasteiger partial charge in [-0.15, -0.1) is 11.3 Å². The second kappa shape index (κ2) is 4.91. The summed E-state index contributed by atoms with van der Waals surface area (Å²) in [7, 11) is 0. The largest absolute Gasteiger partial charge is 0.419 e. The molecule has 2 nitrogen and oxygen atoms in total. The topological polar surface area (TPSA) is 30.0 Å². The molecule has 0 saturated heterocycles. The van der Waals surface area contributed by atoms with Crippen LogP contribution in [0.3, 0.4) is 0 Å². The summed E-state index contributed by atoms with van der Waals surface area (Å²) in [6.07, 6.45) is -3.09. The minimum absolute atomic E-state index is 0.0765. The highest BCUT2D eigenvalue weighted by Crippen LogP contribution is 2.38. The van der Waals surface area contributed by atoms with Crippen molar-refractivity contribution in [2.75, 3.05) is 0 Å². The van der Waals surface area contributed by atoms with E-state index in [1.807, 2.05) is 0 Å². The molecule has 7 heteroatoms. The number of rotatable bonds is 1. The van der Waals surface area contributed by atoms with Crippen molar-refractivity contribution in [1.29, 1.82) is 0 Å². The molecule has 0 amide bonds. The Kier molecular flexibility index (Phi) is 3.32. The zero-order valence-corrected chi connectivity index (χ0v) is 11.4. The van der Waals surface area contributed by atoms with Gasteiger partial charge in [0.05, 0.1) is 16.1 Å². The molecule has 3 rings (SSSR count). The number of halogens is 4. The number of carbonyl (C=O) groups is 1. The third-order valence-corrected chi connectivity index (χ3v) is 4.47. The number of thiazole rings is 1. The predicted octanol–water partition coefficient (Wildman–Crippen LogP) is 4.49. The number of nitrogens with zero attached hydrogens (tertiary/aromatic N) is 1. The van der Waals surface area contributed by atoms with Gasteiger partial charge in [0.1, 0.15) is 10.8 Å². The van der Waals surface area contributed by atoms with E-state index < -0.39 is 17.6 Å². The van der Waals surface area contributed by atoms with Gasteiger partial charge >= 0.3 is 6.18 Å². The molecule has 110 valence electrons. The fraction of sp³-hybridized carbons (Fsp3) is 0.286. The number of aryl methyl sites for hydroxylation is 1. The van der Waals surface area contributed by atoms with Crippen LogP contribution in [0.5, 0.6) is 0 Å². The van der Waals surface area contributed by atoms with Crippen molar-refractivity contribution in [2.24, 2.45) is 0 Å². The first-order valence-electron chi connectivity index (χ1n) is 6.27. The van der Waals surface area contributed by atoms with Gasteiger partial charge in [-0.05, 0) is 25.0 Å². The molecule has 1 aliphatic rings. The second-order valence-corrected chi connectivity index (χ2v) is 5.74. The van der Waals surface area contributed by atoms with E-state index in [0.717, 1.165) is 17.4 Å². The lowest BCUT2D eigenvalue weighted by molar-refractivity contribution is -0.139. The smallest absolute Gasteiger partial charge is 0.293 e. The Labute approximate surface area is 121 Å². The molecular formula is C14H9F4NOS. The first-order valence-corrected chi connectivity index (χ1v) is 7.08. The third-order valence-electron chi connectivity index (χ3n) is 3.30. The zero-order valence-electron chi connectivity index (χ0n) is 10.6. The summed E-state index contributed by atoms with van der Waals surface area (Å²) in [5.74, 6) is -1.42. The van der Waals surface area contributed by atoms with Gasteiger partial charge in [0.25, 0.3) is 0 Å². The maximum atomic E-state index is 14.1. The molecule has 0 atom stereocenters. The number of hydrogen-bond acceptors (Lipinski definition) is 3. The van der Waals surface area contributed by atoms with Crippen LogP contribution in [0.2, 0.25) is 0 Å². The average molecular weight is 315 g/mol. The number of fused-ring (bicyclic) bond motifs is 1. The molecule has 1 aromatic carbocycles. The minimum Gasteiger partial charge on any atom is -0.293 e. The number of alkyl halides is 3. The first-order chi connectivity index (χ1) is 9.88. The van der Waals surface area contributed by atoms with Crippen LogP contribution in [0.15, 0.2) is 18.2 Å². The minimum atomic E-state index is -4.76. The van der Waals surface area contributed by atoms with Gasteiger partial charge in [-0.3, -0.25) is 4.79 Å². The molecule has 0 radical (unpaired) electrons. The van der Waals surface area contributed by atoms with E-state index in [2.05, 4.69) is 4.98 Å². The molecule has 0 fully saturated rings. The molecule has 1 aliphatic carbocycles. The highest BCUT2D eigenvalue weighted by atomic mass is 32.1. The van der Waals surface area contributed by atoms with Gasteiger partial charge in [-0.2, -0.15) is 13.2 Å². The van der Waals surface area contributed by atoms with Crippen LogP contribution in [-0.2, 0) is 12.6 Å². The summed E-state index contributed by atoms with van der Waals surface area (Å²) in [6.45, 7) is 0. The molecular weight excluding hydrogens is 306 g/mol. The van der Waals surface area contributed by atoms with Crippen LogP contribution in [0, 0.1) is 5.82 Å². The summed E-state index contributed by atoms with van der Waals surface area (Å²) in [5, 5.41) is 0.124. The van der Waals surface area contributed by atoms with Gasteiger partial charge < -0.3 is 0 Å². The Morgan fingerprint density at radius 2 is 1.95 bits per heavy atom. The molecule has 2 aromatic rings. The molecule has 0 saturated carbocycles. The van der Waals surface area contributed by atoms with Crippen molar-refractivity contribution in [2.45, 2.75) is 25.4 Å². The van der Waals surface area contributed by atoms with Crippen LogP contribution in [-0.4, -0.2) is 10.8 Å². The third kappa shape index (κ3) is 2.46. The standard InChI is InChI=1S/C14H9F4NOS/c15-11-7(3-1-4-8(11)14(16,17)18)13-19-9-5-2-6-10(20)12(9)21-13/h1,3-4H,2,5-6H2. The van der Waals surface area contributed by atoms with Crippen molar-refractivity contribution < 1.29 is 22.4 Å². The van der Waals surface area contributed by atoms with Crippen molar-refractivity contribution in [1.82, 2.24) is 4.98 Å². The Balaban J connectivity index is 2.12. The second-order valence-electron chi connectivity index (χ2n) is 4.74. The molecule has 0 bridgehead atoms. The first kappa shape index (κ1) is 14.2. The number of aromatic nitrogens is 1. The molecule has 21 heavy (non-hydrogen) atoms. The normalized spacial score (nSPS) is 15.1. The van der Waals surface area contributed by atoms with E-state index in [0.29, 0.717) is 35.9 Å². The van der Waals surface area contributed by atoms with E-state index in [1.54, 1.807) is 0 Å². The molecule has 0 N–H and O–H groups in total. The van der Waals surface area contributed by atoms with Crippen molar-refractivity contribution in [3.05, 3.63) is 40.2 Å². The van der Waals surface area contributed by atoms with E-state index in [-0.39, 0.29) is 16.4 Å². The fourth-order valence-corrected chi connectivity index (χ4v) is 3.40. The molecule has 0 aliphatic heterocycles. The van der Waals surface area contributed by atoms with E-state index in [1.165, 1.54) is 6.07 Å². The summed E-state index contributed by atoms with van der Waals surface area (Å²) in [5.41, 5.74) is -0.973. The SMILES string of the molecule is O=C1CCCc2nc(-c3cccc(C(F)(F)F)c3F)sc21. The Bertz CT molecular complexity index is 720. The van der Waals surface area contributed by atoms with Crippen LogP contribution < -0.4 is 0 Å². The number of benzene rings is 1. The maximum Gasteiger partial charge on any atom is 0.419 e. The van der Waals surface area contributed by atoms with Crippen LogP contribution >= 0.6 is 11.3 Å². The Morgan fingerprint density at radius 3 is 2.62 bits per heavy atom. The van der Waals surface area contributed by atoms with Gasteiger partial charge in [0, 0.05) is 12.0 Å². The number of hydrogen-bond donors (Lipinski definition) is 0. The van der Waals surface area contributed by atoms with Crippen molar-refractivity contribution in [3.63, 3.8) is 0 Å². The van der Waals surface area contributed by atoms with E-state index in [4.69, 9.17) is 0 Å². The predicted molar refractivity (Wildman–Crippen MR) is 69.8 cm³/mol. The van der Waals surface area contributed by atoms with Crippen molar-refractivity contribution >= 4 is 17.1 Å². The summed E-state index contributed by atoms with van der Waals surface area (Å²) in [4.78, 5) is 16.3. The Morgan fingerprint density at radius 1 is 1.19 bits per heavy atom. The van der Waals surface area contributed by atoms with Gasteiger partial charge in [0.2, 0.25) is 0 Å². The zero-order chi connectivity index (χ0) is 15.2. The van der Waals surface area contributed by atoms with Gasteiger partial charge in [0.15, 0.2) is 5.78 Å². The lowest BCUT2D eigenvalue weighted by atomic mass is 10.0.